The third kappa shape index (κ3) is 5.01. The maximum atomic E-state index is 12.9. The van der Waals surface area contributed by atoms with Crippen LogP contribution >= 0.6 is 0 Å². The minimum absolute atomic E-state index is 0.190. The Hall–Kier alpha value is -1.98. The van der Waals surface area contributed by atoms with Crippen LogP contribution in [0.1, 0.15) is 5.56 Å². The molecule has 128 valence electrons. The molecule has 0 radical (unpaired) electrons. The first kappa shape index (κ1) is 16.9. The van der Waals surface area contributed by atoms with Gasteiger partial charge in [-0.2, -0.15) is 0 Å². The molecule has 0 aromatic heterocycles. The van der Waals surface area contributed by atoms with Crippen LogP contribution < -0.4 is 4.74 Å². The van der Waals surface area contributed by atoms with Gasteiger partial charge in [0.2, 0.25) is 0 Å². The minimum atomic E-state index is -0.250. The number of hydrogen-bond donors (Lipinski definition) is 0. The molecule has 0 spiro atoms. The van der Waals surface area contributed by atoms with E-state index < -0.39 is 0 Å². The fraction of sp³-hybridized carbons (Fsp3) is 0.368. The summed E-state index contributed by atoms with van der Waals surface area (Å²) >= 11 is 0. The summed E-state index contributed by atoms with van der Waals surface area (Å²) < 4.78 is 31.4. The highest BCUT2D eigenvalue weighted by Crippen LogP contribution is 2.12. The number of rotatable bonds is 6. The van der Waals surface area contributed by atoms with Crippen molar-refractivity contribution in [1.82, 2.24) is 9.80 Å². The van der Waals surface area contributed by atoms with Crippen LogP contribution in [-0.4, -0.2) is 49.1 Å². The molecule has 0 unspecified atom stereocenters. The number of benzene rings is 2. The molecule has 1 fully saturated rings. The maximum absolute atomic E-state index is 12.9. The topological polar surface area (TPSA) is 15.7 Å². The monoisotopic (exact) mass is 332 g/mol. The van der Waals surface area contributed by atoms with E-state index in [1.54, 1.807) is 12.1 Å². The third-order valence-corrected chi connectivity index (χ3v) is 4.27. The van der Waals surface area contributed by atoms with E-state index in [1.807, 2.05) is 12.1 Å². The van der Waals surface area contributed by atoms with E-state index in [1.165, 1.54) is 24.3 Å². The van der Waals surface area contributed by atoms with Gasteiger partial charge in [-0.25, -0.2) is 8.78 Å². The molecule has 3 rings (SSSR count). The Morgan fingerprint density at radius 1 is 0.750 bits per heavy atom. The number of piperazine rings is 1. The Kier molecular flexibility index (Phi) is 5.77. The SMILES string of the molecule is Fc1ccc(CN2CCN(CCOc3ccc(F)cc3)CC2)cc1. The van der Waals surface area contributed by atoms with E-state index in [9.17, 15) is 8.78 Å². The quantitative estimate of drug-likeness (QED) is 0.808. The predicted octanol–water partition coefficient (Wildman–Crippen LogP) is 3.16. The molecule has 1 heterocycles. The summed E-state index contributed by atoms with van der Waals surface area (Å²) in [5.41, 5.74) is 1.14. The summed E-state index contributed by atoms with van der Waals surface area (Å²) in [4.78, 5) is 4.75. The van der Waals surface area contributed by atoms with Gasteiger partial charge in [0.25, 0.3) is 0 Å². The summed E-state index contributed by atoms with van der Waals surface area (Å²) in [6, 6.07) is 12.8. The van der Waals surface area contributed by atoms with Crippen LogP contribution in [0.2, 0.25) is 0 Å². The van der Waals surface area contributed by atoms with Crippen LogP contribution in [0.25, 0.3) is 0 Å². The zero-order chi connectivity index (χ0) is 16.8. The molecule has 2 aromatic rings. The molecule has 24 heavy (non-hydrogen) atoms. The Morgan fingerprint density at radius 3 is 1.92 bits per heavy atom. The first-order chi connectivity index (χ1) is 11.7. The molecule has 1 aliphatic heterocycles. The molecule has 0 atom stereocenters. The van der Waals surface area contributed by atoms with E-state index in [4.69, 9.17) is 4.74 Å². The van der Waals surface area contributed by atoms with E-state index in [0.29, 0.717) is 12.4 Å². The normalized spacial score (nSPS) is 16.2. The Bertz CT molecular complexity index is 623. The molecular formula is C19H22F2N2O. The highest BCUT2D eigenvalue weighted by Gasteiger charge is 2.16. The average molecular weight is 332 g/mol. The summed E-state index contributed by atoms with van der Waals surface area (Å²) in [5.74, 6) is 0.260. The van der Waals surface area contributed by atoms with Crippen molar-refractivity contribution >= 4 is 0 Å². The zero-order valence-electron chi connectivity index (χ0n) is 13.6. The first-order valence-electron chi connectivity index (χ1n) is 8.26. The van der Waals surface area contributed by atoms with Gasteiger partial charge in [-0.05, 0) is 42.0 Å². The Morgan fingerprint density at radius 2 is 1.29 bits per heavy atom. The molecule has 0 amide bonds. The van der Waals surface area contributed by atoms with Crippen LogP contribution in [0.5, 0.6) is 5.75 Å². The van der Waals surface area contributed by atoms with Gasteiger partial charge in [0, 0.05) is 39.3 Å². The molecule has 0 saturated carbocycles. The van der Waals surface area contributed by atoms with Crippen LogP contribution in [0.3, 0.4) is 0 Å². The van der Waals surface area contributed by atoms with Crippen molar-refractivity contribution in [3.05, 3.63) is 65.7 Å². The van der Waals surface area contributed by atoms with Crippen molar-refractivity contribution in [2.24, 2.45) is 0 Å². The molecule has 1 saturated heterocycles. The van der Waals surface area contributed by atoms with Crippen molar-refractivity contribution in [1.29, 1.82) is 0 Å². The fourth-order valence-electron chi connectivity index (χ4n) is 2.84. The van der Waals surface area contributed by atoms with Gasteiger partial charge in [-0.15, -0.1) is 0 Å². The summed E-state index contributed by atoms with van der Waals surface area (Å²) in [5, 5.41) is 0. The van der Waals surface area contributed by atoms with Gasteiger partial charge in [-0.3, -0.25) is 9.80 Å². The lowest BCUT2D eigenvalue weighted by Gasteiger charge is -2.34. The lowest BCUT2D eigenvalue weighted by Crippen LogP contribution is -2.47. The molecular weight excluding hydrogens is 310 g/mol. The number of halogens is 2. The molecule has 0 aliphatic carbocycles. The van der Waals surface area contributed by atoms with Gasteiger partial charge < -0.3 is 4.74 Å². The molecule has 1 aliphatic rings. The fourth-order valence-corrected chi connectivity index (χ4v) is 2.84. The van der Waals surface area contributed by atoms with Gasteiger partial charge in [-0.1, -0.05) is 12.1 Å². The predicted molar refractivity (Wildman–Crippen MR) is 90.0 cm³/mol. The number of ether oxygens (including phenoxy) is 1. The lowest BCUT2D eigenvalue weighted by atomic mass is 10.2. The van der Waals surface area contributed by atoms with Gasteiger partial charge in [0.15, 0.2) is 0 Å². The first-order valence-corrected chi connectivity index (χ1v) is 8.26. The Labute approximate surface area is 141 Å². The van der Waals surface area contributed by atoms with E-state index in [-0.39, 0.29) is 11.6 Å². The number of nitrogens with zero attached hydrogens (tertiary/aromatic N) is 2. The minimum Gasteiger partial charge on any atom is -0.492 e. The summed E-state index contributed by atoms with van der Waals surface area (Å²) in [6.45, 7) is 6.30. The lowest BCUT2D eigenvalue weighted by molar-refractivity contribution is 0.112. The Balaban J connectivity index is 1.36. The number of hydrogen-bond acceptors (Lipinski definition) is 3. The van der Waals surface area contributed by atoms with Gasteiger partial charge in [0.1, 0.15) is 24.0 Å². The molecule has 0 N–H and O–H groups in total. The van der Waals surface area contributed by atoms with E-state index >= 15 is 0 Å². The molecule has 2 aromatic carbocycles. The van der Waals surface area contributed by atoms with Crippen molar-refractivity contribution in [3.63, 3.8) is 0 Å². The van der Waals surface area contributed by atoms with Crippen molar-refractivity contribution in [3.8, 4) is 5.75 Å². The highest BCUT2D eigenvalue weighted by atomic mass is 19.1. The molecule has 0 bridgehead atoms. The van der Waals surface area contributed by atoms with Gasteiger partial charge >= 0.3 is 0 Å². The van der Waals surface area contributed by atoms with Crippen LogP contribution in [-0.2, 0) is 6.54 Å². The third-order valence-electron chi connectivity index (χ3n) is 4.27. The van der Waals surface area contributed by atoms with Gasteiger partial charge in [0.05, 0.1) is 0 Å². The molecule has 5 heteroatoms. The summed E-state index contributed by atoms with van der Waals surface area (Å²) in [6.07, 6.45) is 0. The molecule has 3 nitrogen and oxygen atoms in total. The van der Waals surface area contributed by atoms with Crippen molar-refractivity contribution in [2.75, 3.05) is 39.3 Å². The second kappa shape index (κ2) is 8.22. The van der Waals surface area contributed by atoms with E-state index in [0.717, 1.165) is 44.8 Å². The standard InChI is InChI=1S/C19H22F2N2O/c20-17-3-1-16(2-4-17)15-23-11-9-22(10-12-23)13-14-24-19-7-5-18(21)6-8-19/h1-8H,9-15H2. The van der Waals surface area contributed by atoms with Crippen LogP contribution in [0.4, 0.5) is 8.78 Å². The largest absolute Gasteiger partial charge is 0.492 e. The second-order valence-corrected chi connectivity index (χ2v) is 6.05. The van der Waals surface area contributed by atoms with Crippen LogP contribution in [0, 0.1) is 11.6 Å². The van der Waals surface area contributed by atoms with Crippen molar-refractivity contribution in [2.45, 2.75) is 6.54 Å². The second-order valence-electron chi connectivity index (χ2n) is 6.05. The summed E-state index contributed by atoms with van der Waals surface area (Å²) in [7, 11) is 0. The van der Waals surface area contributed by atoms with Crippen molar-refractivity contribution < 1.29 is 13.5 Å². The highest BCUT2D eigenvalue weighted by molar-refractivity contribution is 5.22. The maximum Gasteiger partial charge on any atom is 0.123 e. The van der Waals surface area contributed by atoms with Crippen LogP contribution in [0.15, 0.2) is 48.5 Å². The van der Waals surface area contributed by atoms with E-state index in [2.05, 4.69) is 9.80 Å². The average Bonchev–Trinajstić information content (AvgIpc) is 2.60. The zero-order valence-corrected chi connectivity index (χ0v) is 13.6. The smallest absolute Gasteiger partial charge is 0.123 e.